The Labute approximate surface area is 151 Å². The first-order chi connectivity index (χ1) is 12.6. The van der Waals surface area contributed by atoms with Gasteiger partial charge in [-0.2, -0.15) is 0 Å². The minimum Gasteiger partial charge on any atom is -0.481 e. The maximum Gasteiger partial charge on any atom is 0.260 e. The topological polar surface area (TPSA) is 63.9 Å². The van der Waals surface area contributed by atoms with Gasteiger partial charge in [0.2, 0.25) is 0 Å². The van der Waals surface area contributed by atoms with E-state index < -0.39 is 6.10 Å². The van der Waals surface area contributed by atoms with Crippen LogP contribution >= 0.6 is 0 Å². The van der Waals surface area contributed by atoms with Gasteiger partial charge < -0.3 is 19.2 Å². The molecular weight excluding hydrogens is 339 g/mol. The molecule has 26 heavy (non-hydrogen) atoms. The molecule has 0 bridgehead atoms. The standard InChI is InChI=1S/C19H23FN2O4/c1-14(26-16-6-4-15(20)5-7-16)19(23)21-13-17(18-3-2-10-25-18)22-8-11-24-12-9-22/h2-7,10,14,17H,8-9,11-13H2,1H3,(H,21,23)/t14-,17-/m1/s1. The molecular formula is C19H23FN2O4. The average molecular weight is 362 g/mol. The Morgan fingerprint density at radius 2 is 2.00 bits per heavy atom. The molecule has 0 unspecified atom stereocenters. The summed E-state index contributed by atoms with van der Waals surface area (Å²) < 4.78 is 29.5. The van der Waals surface area contributed by atoms with E-state index in [0.29, 0.717) is 25.5 Å². The van der Waals surface area contributed by atoms with Crippen molar-refractivity contribution in [3.63, 3.8) is 0 Å². The van der Waals surface area contributed by atoms with Crippen molar-refractivity contribution in [2.75, 3.05) is 32.8 Å². The molecule has 0 saturated carbocycles. The van der Waals surface area contributed by atoms with Gasteiger partial charge in [-0.1, -0.05) is 0 Å². The first kappa shape index (κ1) is 18.4. The summed E-state index contributed by atoms with van der Waals surface area (Å²) >= 11 is 0. The molecule has 140 valence electrons. The first-order valence-electron chi connectivity index (χ1n) is 8.68. The van der Waals surface area contributed by atoms with Crippen molar-refractivity contribution in [2.24, 2.45) is 0 Å². The van der Waals surface area contributed by atoms with Crippen molar-refractivity contribution in [3.8, 4) is 5.75 Å². The Morgan fingerprint density at radius 1 is 1.27 bits per heavy atom. The third kappa shape index (κ3) is 4.83. The van der Waals surface area contributed by atoms with Crippen LogP contribution in [0.15, 0.2) is 47.1 Å². The van der Waals surface area contributed by atoms with Gasteiger partial charge in [-0.15, -0.1) is 0 Å². The lowest BCUT2D eigenvalue weighted by molar-refractivity contribution is -0.127. The summed E-state index contributed by atoms with van der Waals surface area (Å²) in [4.78, 5) is 14.6. The number of hydrogen-bond acceptors (Lipinski definition) is 5. The van der Waals surface area contributed by atoms with Crippen LogP contribution in [-0.2, 0) is 9.53 Å². The SMILES string of the molecule is C[C@@H](Oc1ccc(F)cc1)C(=O)NC[C@H](c1ccco1)N1CCOCC1. The normalized spacial score (nSPS) is 17.5. The van der Waals surface area contributed by atoms with Crippen LogP contribution in [-0.4, -0.2) is 49.8 Å². The maximum atomic E-state index is 12.9. The van der Waals surface area contributed by atoms with E-state index in [1.54, 1.807) is 13.2 Å². The Bertz CT molecular complexity index is 684. The highest BCUT2D eigenvalue weighted by Gasteiger charge is 2.26. The number of rotatable bonds is 7. The monoisotopic (exact) mass is 362 g/mol. The number of nitrogens with one attached hydrogen (secondary N) is 1. The van der Waals surface area contributed by atoms with Crippen LogP contribution in [0.25, 0.3) is 0 Å². The Hall–Kier alpha value is -2.38. The molecule has 2 heterocycles. The number of benzene rings is 1. The lowest BCUT2D eigenvalue weighted by Crippen LogP contribution is -2.45. The molecule has 1 N–H and O–H groups in total. The van der Waals surface area contributed by atoms with E-state index in [2.05, 4.69) is 10.2 Å². The Morgan fingerprint density at radius 3 is 2.65 bits per heavy atom. The summed E-state index contributed by atoms with van der Waals surface area (Å²) in [5.41, 5.74) is 0. The summed E-state index contributed by atoms with van der Waals surface area (Å²) in [5, 5.41) is 2.92. The van der Waals surface area contributed by atoms with Gasteiger partial charge in [0.05, 0.1) is 25.5 Å². The number of ether oxygens (including phenoxy) is 2. The molecule has 6 nitrogen and oxygen atoms in total. The maximum absolute atomic E-state index is 12.9. The van der Waals surface area contributed by atoms with E-state index in [4.69, 9.17) is 13.9 Å². The molecule has 3 rings (SSSR count). The molecule has 1 aliphatic heterocycles. The van der Waals surface area contributed by atoms with Crippen LogP contribution < -0.4 is 10.1 Å². The van der Waals surface area contributed by atoms with Crippen molar-refractivity contribution < 1.29 is 23.1 Å². The fourth-order valence-electron chi connectivity index (χ4n) is 2.89. The van der Waals surface area contributed by atoms with E-state index in [1.807, 2.05) is 12.1 Å². The smallest absolute Gasteiger partial charge is 0.260 e. The molecule has 0 radical (unpaired) electrons. The van der Waals surface area contributed by atoms with Crippen molar-refractivity contribution in [1.29, 1.82) is 0 Å². The van der Waals surface area contributed by atoms with E-state index >= 15 is 0 Å². The van der Waals surface area contributed by atoms with Gasteiger partial charge in [-0.05, 0) is 43.3 Å². The molecule has 2 aromatic rings. The van der Waals surface area contributed by atoms with Crippen LogP contribution in [0.5, 0.6) is 5.75 Å². The van der Waals surface area contributed by atoms with Crippen molar-refractivity contribution in [3.05, 3.63) is 54.2 Å². The number of morpholine rings is 1. The highest BCUT2D eigenvalue weighted by molar-refractivity contribution is 5.80. The Balaban J connectivity index is 1.57. The van der Waals surface area contributed by atoms with Crippen molar-refractivity contribution in [1.82, 2.24) is 10.2 Å². The molecule has 1 aromatic heterocycles. The third-order valence-electron chi connectivity index (χ3n) is 4.32. The molecule has 7 heteroatoms. The summed E-state index contributed by atoms with van der Waals surface area (Å²) in [7, 11) is 0. The molecule has 1 fully saturated rings. The van der Waals surface area contributed by atoms with Crippen LogP contribution in [0.2, 0.25) is 0 Å². The van der Waals surface area contributed by atoms with E-state index in [-0.39, 0.29) is 17.8 Å². The van der Waals surface area contributed by atoms with Crippen molar-refractivity contribution >= 4 is 5.91 Å². The number of carbonyl (C=O) groups is 1. The number of furan rings is 1. The van der Waals surface area contributed by atoms with Crippen molar-refractivity contribution in [2.45, 2.75) is 19.1 Å². The summed E-state index contributed by atoms with van der Waals surface area (Å²) in [6.07, 6.45) is 0.938. The second kappa shape index (κ2) is 8.82. The predicted molar refractivity (Wildman–Crippen MR) is 93.3 cm³/mol. The highest BCUT2D eigenvalue weighted by Crippen LogP contribution is 2.22. The zero-order valence-electron chi connectivity index (χ0n) is 14.7. The predicted octanol–water partition coefficient (Wildman–Crippen LogP) is 2.38. The largest absolute Gasteiger partial charge is 0.481 e. The second-order valence-corrected chi connectivity index (χ2v) is 6.14. The van der Waals surface area contributed by atoms with Gasteiger partial charge in [0.25, 0.3) is 5.91 Å². The van der Waals surface area contributed by atoms with Gasteiger partial charge in [-0.3, -0.25) is 9.69 Å². The fourth-order valence-corrected chi connectivity index (χ4v) is 2.89. The lowest BCUT2D eigenvalue weighted by Gasteiger charge is -2.33. The minimum atomic E-state index is -0.692. The number of nitrogens with zero attached hydrogens (tertiary/aromatic N) is 1. The average Bonchev–Trinajstić information content (AvgIpc) is 3.19. The molecule has 1 aliphatic rings. The van der Waals surface area contributed by atoms with E-state index in [9.17, 15) is 9.18 Å². The summed E-state index contributed by atoms with van der Waals surface area (Å²) in [6.45, 7) is 4.95. The molecule has 2 atom stereocenters. The van der Waals surface area contributed by atoms with Crippen LogP contribution in [0.4, 0.5) is 4.39 Å². The third-order valence-corrected chi connectivity index (χ3v) is 4.32. The highest BCUT2D eigenvalue weighted by atomic mass is 19.1. The second-order valence-electron chi connectivity index (χ2n) is 6.14. The summed E-state index contributed by atoms with van der Waals surface area (Å²) in [5.74, 6) is 0.671. The van der Waals surface area contributed by atoms with E-state index in [0.717, 1.165) is 18.8 Å². The molecule has 0 aliphatic carbocycles. The van der Waals surface area contributed by atoms with Crippen LogP contribution in [0.1, 0.15) is 18.7 Å². The Kier molecular flexibility index (Phi) is 6.25. The number of carbonyl (C=O) groups excluding carboxylic acids is 1. The van der Waals surface area contributed by atoms with Crippen LogP contribution in [0, 0.1) is 5.82 Å². The molecule has 1 aromatic carbocycles. The van der Waals surface area contributed by atoms with E-state index in [1.165, 1.54) is 24.3 Å². The molecule has 1 amide bonds. The van der Waals surface area contributed by atoms with Gasteiger partial charge in [-0.25, -0.2) is 4.39 Å². The lowest BCUT2D eigenvalue weighted by atomic mass is 10.1. The minimum absolute atomic E-state index is 0.0594. The van der Waals surface area contributed by atoms with Gasteiger partial charge in [0, 0.05) is 19.6 Å². The van der Waals surface area contributed by atoms with Gasteiger partial charge >= 0.3 is 0 Å². The zero-order chi connectivity index (χ0) is 18.4. The fraction of sp³-hybridized carbons (Fsp3) is 0.421. The molecule has 1 saturated heterocycles. The molecule has 0 spiro atoms. The number of amides is 1. The summed E-state index contributed by atoms with van der Waals surface area (Å²) in [6, 6.07) is 9.28. The number of halogens is 1. The quantitative estimate of drug-likeness (QED) is 0.819. The van der Waals surface area contributed by atoms with Crippen LogP contribution in [0.3, 0.4) is 0 Å². The van der Waals surface area contributed by atoms with Gasteiger partial charge in [0.15, 0.2) is 6.10 Å². The first-order valence-corrected chi connectivity index (χ1v) is 8.68. The number of hydrogen-bond donors (Lipinski definition) is 1. The van der Waals surface area contributed by atoms with Gasteiger partial charge in [0.1, 0.15) is 17.3 Å². The zero-order valence-corrected chi connectivity index (χ0v) is 14.7.